The van der Waals surface area contributed by atoms with Gasteiger partial charge in [-0.05, 0) is 67.8 Å². The summed E-state index contributed by atoms with van der Waals surface area (Å²) in [5.74, 6) is 1.23. The van der Waals surface area contributed by atoms with Crippen LogP contribution in [-0.2, 0) is 25.6 Å². The zero-order valence-corrected chi connectivity index (χ0v) is 25.7. The van der Waals surface area contributed by atoms with E-state index in [4.69, 9.17) is 14.6 Å². The predicted molar refractivity (Wildman–Crippen MR) is 156 cm³/mol. The van der Waals surface area contributed by atoms with Gasteiger partial charge in [0.15, 0.2) is 5.82 Å². The second-order valence-corrected chi connectivity index (χ2v) is 12.5. The van der Waals surface area contributed by atoms with Crippen molar-refractivity contribution in [3.63, 3.8) is 0 Å². The van der Waals surface area contributed by atoms with Crippen LogP contribution in [0.1, 0.15) is 79.0 Å². The standard InChI is InChI=1S/C25H38O5.C6H9N3O3/c1-6-25(4,5)24(28)30-21-12-15(2)11-17-8-7-16(3)20(23(17)21)10-9-19-13-18(26)14-22(27)29-19;1-5-7-4-6(9(11)12)8(5)2-3-10/h7-8,11,15-16,18-21,23,26H,6,9-10,12-14H2,1-5H3;4,10H,2-3H2,1H3/t15-,16-,18+,19+,20-,21-,23-;/m0./s1. The first-order valence-electron chi connectivity index (χ1n) is 15.0. The maximum absolute atomic E-state index is 12.9. The summed E-state index contributed by atoms with van der Waals surface area (Å²) < 4.78 is 13.0. The molecule has 2 N–H and O–H groups in total. The second kappa shape index (κ2) is 14.4. The number of aliphatic hydroxyl groups is 2. The van der Waals surface area contributed by atoms with Crippen LogP contribution in [0.4, 0.5) is 5.82 Å². The van der Waals surface area contributed by atoms with Crippen molar-refractivity contribution in [1.29, 1.82) is 0 Å². The molecule has 42 heavy (non-hydrogen) atoms. The van der Waals surface area contributed by atoms with Crippen molar-refractivity contribution in [2.24, 2.45) is 29.1 Å². The molecule has 11 heteroatoms. The van der Waals surface area contributed by atoms with Gasteiger partial charge < -0.3 is 29.8 Å². The topological polar surface area (TPSA) is 154 Å². The monoisotopic (exact) mass is 589 g/mol. The highest BCUT2D eigenvalue weighted by Crippen LogP contribution is 2.45. The fourth-order valence-corrected chi connectivity index (χ4v) is 6.06. The molecule has 0 unspecified atom stereocenters. The van der Waals surface area contributed by atoms with Gasteiger partial charge in [0.05, 0.1) is 24.5 Å². The van der Waals surface area contributed by atoms with Crippen LogP contribution < -0.4 is 0 Å². The molecule has 0 saturated carbocycles. The minimum atomic E-state index is -0.601. The summed E-state index contributed by atoms with van der Waals surface area (Å²) in [6.07, 6.45) is 10.8. The maximum Gasteiger partial charge on any atom is 0.342 e. The first-order chi connectivity index (χ1) is 19.8. The van der Waals surface area contributed by atoms with Crippen LogP contribution in [0.3, 0.4) is 0 Å². The maximum atomic E-state index is 12.9. The van der Waals surface area contributed by atoms with Crippen LogP contribution in [0.15, 0.2) is 30.0 Å². The molecule has 0 spiro atoms. The minimum Gasteiger partial charge on any atom is -0.462 e. The largest absolute Gasteiger partial charge is 0.462 e. The minimum absolute atomic E-state index is 0.0819. The number of ether oxygens (including phenoxy) is 2. The third-order valence-electron chi connectivity index (χ3n) is 8.89. The van der Waals surface area contributed by atoms with E-state index < -0.39 is 16.4 Å². The van der Waals surface area contributed by atoms with E-state index in [2.05, 4.69) is 37.1 Å². The lowest BCUT2D eigenvalue weighted by atomic mass is 9.65. The van der Waals surface area contributed by atoms with Crippen LogP contribution in [0.25, 0.3) is 0 Å². The van der Waals surface area contributed by atoms with Gasteiger partial charge in [0.25, 0.3) is 0 Å². The Hall–Kier alpha value is -3.05. The van der Waals surface area contributed by atoms with Gasteiger partial charge in [0.2, 0.25) is 0 Å². The van der Waals surface area contributed by atoms with Crippen molar-refractivity contribution in [3.8, 4) is 0 Å². The van der Waals surface area contributed by atoms with Gasteiger partial charge in [0, 0.05) is 19.3 Å². The first kappa shape index (κ1) is 33.5. The molecule has 2 heterocycles. The Morgan fingerprint density at radius 3 is 2.62 bits per heavy atom. The van der Waals surface area contributed by atoms with E-state index in [0.717, 1.165) is 25.7 Å². The SMILES string of the molecule is CCC(C)(C)C(=O)O[C@H]1C[C@@H](C)C=C2C=C[C@H](C)[C@H](CC[C@@H]3C[C@@H](O)CC(=O)O3)[C@H]21.Cc1ncc([N+](=O)[O-])n1CCO. The average Bonchev–Trinajstić information content (AvgIpc) is 3.28. The highest BCUT2D eigenvalue weighted by Gasteiger charge is 2.43. The predicted octanol–water partition coefficient (Wildman–Crippen LogP) is 4.68. The number of nitro groups is 1. The van der Waals surface area contributed by atoms with Crippen molar-refractivity contribution in [1.82, 2.24) is 9.55 Å². The molecule has 7 atom stereocenters. The molecule has 0 radical (unpaired) electrons. The van der Waals surface area contributed by atoms with Gasteiger partial charge in [-0.15, -0.1) is 0 Å². The number of esters is 2. The van der Waals surface area contributed by atoms with Crippen molar-refractivity contribution >= 4 is 17.8 Å². The van der Waals surface area contributed by atoms with E-state index in [1.807, 2.05) is 20.8 Å². The third-order valence-corrected chi connectivity index (χ3v) is 8.89. The van der Waals surface area contributed by atoms with Crippen molar-refractivity contribution in [2.45, 2.75) is 105 Å². The number of aromatic nitrogens is 2. The Balaban J connectivity index is 0.000000337. The molecule has 1 saturated heterocycles. The summed E-state index contributed by atoms with van der Waals surface area (Å²) in [5.41, 5.74) is 0.785. The molecule has 234 valence electrons. The highest BCUT2D eigenvalue weighted by atomic mass is 16.6. The molecule has 11 nitrogen and oxygen atoms in total. The first-order valence-corrected chi connectivity index (χ1v) is 15.0. The zero-order valence-electron chi connectivity index (χ0n) is 25.7. The fourth-order valence-electron chi connectivity index (χ4n) is 6.06. The molecule has 2 aliphatic carbocycles. The number of fused-ring (bicyclic) bond motifs is 1. The van der Waals surface area contributed by atoms with Crippen LogP contribution >= 0.6 is 0 Å². The number of imidazole rings is 1. The number of nitrogens with zero attached hydrogens (tertiary/aromatic N) is 3. The lowest BCUT2D eigenvalue weighted by Gasteiger charge is -2.44. The summed E-state index contributed by atoms with van der Waals surface area (Å²) in [6.45, 7) is 12.0. The number of carbonyl (C=O) groups excluding carboxylic acids is 2. The van der Waals surface area contributed by atoms with Gasteiger partial charge in [-0.2, -0.15) is 0 Å². The summed E-state index contributed by atoms with van der Waals surface area (Å²) in [7, 11) is 0. The smallest absolute Gasteiger partial charge is 0.342 e. The average molecular weight is 590 g/mol. The Kier molecular flexibility index (Phi) is 11.5. The number of hydrogen-bond donors (Lipinski definition) is 2. The second-order valence-electron chi connectivity index (χ2n) is 12.5. The molecular weight excluding hydrogens is 542 g/mol. The van der Waals surface area contributed by atoms with Crippen LogP contribution in [0.2, 0.25) is 0 Å². The van der Waals surface area contributed by atoms with E-state index in [0.29, 0.717) is 30.0 Å². The fraction of sp³-hybridized carbons (Fsp3) is 0.710. The zero-order chi connectivity index (χ0) is 31.2. The van der Waals surface area contributed by atoms with Gasteiger partial charge in [-0.3, -0.25) is 9.59 Å². The lowest BCUT2D eigenvalue weighted by molar-refractivity contribution is -0.392. The summed E-state index contributed by atoms with van der Waals surface area (Å²) in [6, 6.07) is 0. The number of rotatable bonds is 9. The molecule has 3 aliphatic rings. The highest BCUT2D eigenvalue weighted by molar-refractivity contribution is 5.76. The molecule has 0 bridgehead atoms. The number of carbonyl (C=O) groups is 2. The van der Waals surface area contributed by atoms with E-state index in [-0.39, 0.29) is 55.5 Å². The number of allylic oxidation sites excluding steroid dienone is 3. The third kappa shape index (κ3) is 8.28. The lowest BCUT2D eigenvalue weighted by Crippen LogP contribution is -2.43. The molecule has 1 aliphatic heterocycles. The number of cyclic esters (lactones) is 1. The van der Waals surface area contributed by atoms with Crippen molar-refractivity contribution in [2.75, 3.05) is 6.61 Å². The molecular formula is C31H47N3O8. The van der Waals surface area contributed by atoms with Gasteiger partial charge >= 0.3 is 17.8 Å². The Bertz CT molecular complexity index is 1170. The molecule has 4 rings (SSSR count). The molecule has 1 fully saturated rings. The van der Waals surface area contributed by atoms with Crippen LogP contribution in [0.5, 0.6) is 0 Å². The van der Waals surface area contributed by atoms with Crippen molar-refractivity contribution < 1.29 is 34.2 Å². The Morgan fingerprint density at radius 1 is 1.29 bits per heavy atom. The summed E-state index contributed by atoms with van der Waals surface area (Å²) in [4.78, 5) is 38.2. The quantitative estimate of drug-likeness (QED) is 0.237. The summed E-state index contributed by atoms with van der Waals surface area (Å²) in [5, 5.41) is 28.9. The molecule has 1 aromatic heterocycles. The molecule has 1 aromatic rings. The molecule has 0 amide bonds. The van der Waals surface area contributed by atoms with Crippen LogP contribution in [-0.4, -0.2) is 61.5 Å². The molecule has 0 aromatic carbocycles. The van der Waals surface area contributed by atoms with Crippen LogP contribution in [0, 0.1) is 46.1 Å². The van der Waals surface area contributed by atoms with Crippen molar-refractivity contribution in [3.05, 3.63) is 45.9 Å². The van der Waals surface area contributed by atoms with Gasteiger partial charge in [-0.1, -0.05) is 39.0 Å². The number of hydrogen-bond acceptors (Lipinski definition) is 9. The van der Waals surface area contributed by atoms with Gasteiger partial charge in [0.1, 0.15) is 24.9 Å². The number of aliphatic hydroxyl groups excluding tert-OH is 2. The number of aryl methyl sites for hydroxylation is 1. The van der Waals surface area contributed by atoms with Gasteiger partial charge in [-0.25, -0.2) is 9.55 Å². The van der Waals surface area contributed by atoms with E-state index >= 15 is 0 Å². The normalized spacial score (nSPS) is 29.0. The van der Waals surface area contributed by atoms with E-state index in [9.17, 15) is 24.8 Å². The Labute approximate surface area is 248 Å². The van der Waals surface area contributed by atoms with E-state index in [1.54, 1.807) is 6.92 Å². The Morgan fingerprint density at radius 2 is 2.00 bits per heavy atom. The summed E-state index contributed by atoms with van der Waals surface area (Å²) >= 11 is 0. The van der Waals surface area contributed by atoms with E-state index in [1.165, 1.54) is 16.3 Å².